The Labute approximate surface area is 173 Å². The molecule has 5 rings (SSSR count). The molecule has 0 aliphatic carbocycles. The predicted molar refractivity (Wildman–Crippen MR) is 120 cm³/mol. The first-order valence-electron chi connectivity index (χ1n) is 9.62. The van der Waals surface area contributed by atoms with Gasteiger partial charge in [0.2, 0.25) is 0 Å². The third-order valence-electron chi connectivity index (χ3n) is 4.82. The smallest absolute Gasteiger partial charge is 0.188 e. The zero-order valence-corrected chi connectivity index (χ0v) is 16.7. The highest BCUT2D eigenvalue weighted by molar-refractivity contribution is 7.22. The zero-order chi connectivity index (χ0) is 19.5. The van der Waals surface area contributed by atoms with E-state index in [0.29, 0.717) is 0 Å². The summed E-state index contributed by atoms with van der Waals surface area (Å²) in [6.45, 7) is 3.46. The van der Waals surface area contributed by atoms with E-state index < -0.39 is 0 Å². The molecule has 4 aromatic rings. The summed E-state index contributed by atoms with van der Waals surface area (Å²) >= 11 is 1.64. The van der Waals surface area contributed by atoms with E-state index in [-0.39, 0.29) is 0 Å². The Kier molecular flexibility index (Phi) is 4.98. The van der Waals surface area contributed by atoms with Crippen LogP contribution in [0.1, 0.15) is 0 Å². The van der Waals surface area contributed by atoms with Crippen LogP contribution in [0.4, 0.5) is 28.0 Å². The summed E-state index contributed by atoms with van der Waals surface area (Å²) in [5.74, 6) is 0.787. The molecule has 0 amide bonds. The van der Waals surface area contributed by atoms with Crippen LogP contribution in [-0.4, -0.2) is 36.3 Å². The molecule has 29 heavy (non-hydrogen) atoms. The van der Waals surface area contributed by atoms with Gasteiger partial charge in [0.25, 0.3) is 0 Å². The van der Waals surface area contributed by atoms with E-state index in [1.165, 1.54) is 10.4 Å². The largest absolute Gasteiger partial charge is 0.378 e. The van der Waals surface area contributed by atoms with Crippen LogP contribution in [0.5, 0.6) is 0 Å². The van der Waals surface area contributed by atoms with Crippen LogP contribution < -0.4 is 15.5 Å². The standard InChI is InChI=1S/C22H21N5OS/c1-2-4-20-19(3-1)26-22(29-20)25-17-9-10-23-21(15-17)24-16-5-7-18(8-6-16)27-11-13-28-14-12-27/h1-10,15H,11-14H2,(H2,23,24,25,26). The number of aromatic nitrogens is 2. The fraction of sp³-hybridized carbons (Fsp3) is 0.182. The van der Waals surface area contributed by atoms with Crippen LogP contribution in [0.25, 0.3) is 10.2 Å². The molecule has 7 heteroatoms. The molecule has 2 aromatic carbocycles. The average Bonchev–Trinajstić information content (AvgIpc) is 3.17. The Hall–Kier alpha value is -3.16. The molecule has 6 nitrogen and oxygen atoms in total. The number of fused-ring (bicyclic) bond motifs is 1. The normalized spacial score (nSPS) is 14.1. The number of morpholine rings is 1. The first kappa shape index (κ1) is 17.9. The van der Waals surface area contributed by atoms with Gasteiger partial charge in [0.05, 0.1) is 23.4 Å². The third-order valence-corrected chi connectivity index (χ3v) is 5.77. The summed E-state index contributed by atoms with van der Waals surface area (Å²) in [4.78, 5) is 11.4. The number of rotatable bonds is 5. The maximum atomic E-state index is 5.42. The van der Waals surface area contributed by atoms with Gasteiger partial charge in [-0.25, -0.2) is 9.97 Å². The molecular weight excluding hydrogens is 382 g/mol. The quantitative estimate of drug-likeness (QED) is 0.488. The van der Waals surface area contributed by atoms with Crippen molar-refractivity contribution in [1.29, 1.82) is 0 Å². The van der Waals surface area contributed by atoms with Gasteiger partial charge in [0, 0.05) is 42.4 Å². The number of hydrogen-bond acceptors (Lipinski definition) is 7. The van der Waals surface area contributed by atoms with Gasteiger partial charge in [0.1, 0.15) is 5.82 Å². The predicted octanol–water partition coefficient (Wildman–Crippen LogP) is 5.02. The minimum atomic E-state index is 0.787. The lowest BCUT2D eigenvalue weighted by molar-refractivity contribution is 0.122. The van der Waals surface area contributed by atoms with Gasteiger partial charge < -0.3 is 20.3 Å². The van der Waals surface area contributed by atoms with E-state index >= 15 is 0 Å². The Morgan fingerprint density at radius 2 is 1.72 bits per heavy atom. The number of anilines is 5. The Balaban J connectivity index is 1.28. The average molecular weight is 404 g/mol. The van der Waals surface area contributed by atoms with Crippen molar-refractivity contribution < 1.29 is 4.74 Å². The van der Waals surface area contributed by atoms with Crippen molar-refractivity contribution in [2.45, 2.75) is 0 Å². The maximum Gasteiger partial charge on any atom is 0.188 e. The topological polar surface area (TPSA) is 62.3 Å². The lowest BCUT2D eigenvalue weighted by Gasteiger charge is -2.28. The van der Waals surface area contributed by atoms with E-state index in [1.54, 1.807) is 17.5 Å². The highest BCUT2D eigenvalue weighted by Gasteiger charge is 2.11. The molecule has 0 radical (unpaired) electrons. The van der Waals surface area contributed by atoms with E-state index in [1.807, 2.05) is 30.3 Å². The SMILES string of the molecule is c1ccc2sc(Nc3ccnc(Nc4ccc(N5CCOCC5)cc4)c3)nc2c1. The lowest BCUT2D eigenvalue weighted by Crippen LogP contribution is -2.36. The summed E-state index contributed by atoms with van der Waals surface area (Å²) in [6.07, 6.45) is 1.79. The maximum absolute atomic E-state index is 5.42. The van der Waals surface area contributed by atoms with Crippen molar-refractivity contribution in [3.63, 3.8) is 0 Å². The van der Waals surface area contributed by atoms with Crippen molar-refractivity contribution in [2.24, 2.45) is 0 Å². The Morgan fingerprint density at radius 1 is 0.897 bits per heavy atom. The molecular formula is C22H21N5OS. The van der Waals surface area contributed by atoms with Crippen LogP contribution in [-0.2, 0) is 4.74 Å². The van der Waals surface area contributed by atoms with E-state index in [4.69, 9.17) is 4.74 Å². The molecule has 1 aliphatic heterocycles. The second-order valence-electron chi connectivity index (χ2n) is 6.81. The summed E-state index contributed by atoms with van der Waals surface area (Å²) in [5.41, 5.74) is 4.18. The van der Waals surface area contributed by atoms with Gasteiger partial charge in [-0.05, 0) is 42.5 Å². The monoisotopic (exact) mass is 403 g/mol. The number of ether oxygens (including phenoxy) is 1. The van der Waals surface area contributed by atoms with Crippen molar-refractivity contribution in [2.75, 3.05) is 41.8 Å². The van der Waals surface area contributed by atoms with Gasteiger partial charge in [-0.15, -0.1) is 0 Å². The summed E-state index contributed by atoms with van der Waals surface area (Å²) < 4.78 is 6.59. The number of benzene rings is 2. The minimum Gasteiger partial charge on any atom is -0.378 e. The molecule has 0 atom stereocenters. The Bertz CT molecular complexity index is 1070. The molecule has 0 saturated carbocycles. The van der Waals surface area contributed by atoms with Gasteiger partial charge in [-0.3, -0.25) is 0 Å². The first-order chi connectivity index (χ1) is 14.3. The van der Waals surface area contributed by atoms with Crippen LogP contribution >= 0.6 is 11.3 Å². The van der Waals surface area contributed by atoms with E-state index in [0.717, 1.165) is 54.1 Å². The second-order valence-corrected chi connectivity index (χ2v) is 7.84. The first-order valence-corrected chi connectivity index (χ1v) is 10.4. The lowest BCUT2D eigenvalue weighted by atomic mass is 10.2. The van der Waals surface area contributed by atoms with Gasteiger partial charge in [0.15, 0.2) is 5.13 Å². The van der Waals surface area contributed by atoms with Crippen molar-refractivity contribution in [3.8, 4) is 0 Å². The van der Waals surface area contributed by atoms with Crippen LogP contribution in [0.15, 0.2) is 66.9 Å². The number of thiazole rings is 1. The highest BCUT2D eigenvalue weighted by atomic mass is 32.1. The number of pyridine rings is 1. The molecule has 3 heterocycles. The summed E-state index contributed by atoms with van der Waals surface area (Å²) in [6, 6.07) is 20.5. The molecule has 2 N–H and O–H groups in total. The second kappa shape index (κ2) is 8.06. The Morgan fingerprint density at radius 3 is 2.55 bits per heavy atom. The fourth-order valence-electron chi connectivity index (χ4n) is 3.35. The molecule has 0 bridgehead atoms. The minimum absolute atomic E-state index is 0.787. The number of nitrogens with zero attached hydrogens (tertiary/aromatic N) is 3. The molecule has 0 spiro atoms. The van der Waals surface area contributed by atoms with Crippen molar-refractivity contribution in [3.05, 3.63) is 66.9 Å². The van der Waals surface area contributed by atoms with Crippen LogP contribution in [0, 0.1) is 0 Å². The van der Waals surface area contributed by atoms with Crippen LogP contribution in [0.2, 0.25) is 0 Å². The molecule has 1 fully saturated rings. The summed E-state index contributed by atoms with van der Waals surface area (Å²) in [5, 5.41) is 7.63. The van der Waals surface area contributed by atoms with Gasteiger partial charge in [-0.2, -0.15) is 0 Å². The molecule has 1 aliphatic rings. The van der Waals surface area contributed by atoms with Gasteiger partial charge in [-0.1, -0.05) is 23.5 Å². The highest BCUT2D eigenvalue weighted by Crippen LogP contribution is 2.29. The number of nitrogens with one attached hydrogen (secondary N) is 2. The summed E-state index contributed by atoms with van der Waals surface area (Å²) in [7, 11) is 0. The third kappa shape index (κ3) is 4.16. The number of para-hydroxylation sites is 1. The molecule has 0 unspecified atom stereocenters. The molecule has 1 saturated heterocycles. The van der Waals surface area contributed by atoms with Crippen molar-refractivity contribution in [1.82, 2.24) is 9.97 Å². The van der Waals surface area contributed by atoms with Gasteiger partial charge >= 0.3 is 0 Å². The van der Waals surface area contributed by atoms with Crippen molar-refractivity contribution >= 4 is 49.6 Å². The van der Waals surface area contributed by atoms with E-state index in [2.05, 4.69) is 55.8 Å². The number of hydrogen-bond donors (Lipinski definition) is 2. The van der Waals surface area contributed by atoms with Crippen LogP contribution in [0.3, 0.4) is 0 Å². The molecule has 146 valence electrons. The van der Waals surface area contributed by atoms with E-state index in [9.17, 15) is 0 Å². The fourth-order valence-corrected chi connectivity index (χ4v) is 4.24. The molecule has 2 aromatic heterocycles. The zero-order valence-electron chi connectivity index (χ0n) is 15.8.